The molecule has 1 saturated heterocycles. The van der Waals surface area contributed by atoms with Gasteiger partial charge in [-0.15, -0.1) is 0 Å². The minimum Gasteiger partial charge on any atom is -0.444 e. The van der Waals surface area contributed by atoms with Crippen molar-refractivity contribution in [2.75, 3.05) is 11.9 Å². The first kappa shape index (κ1) is 27.5. The SMILES string of the molecule is Cc1c(NC(C)C2C(O[Si](C)(C)C(C)(C)C)CCN2C(=O)OC(C)(C)C)ccc(C#N)c1Cl. The first-order valence-electron chi connectivity index (χ1n) is 11.6. The van der Waals surface area contributed by atoms with Gasteiger partial charge in [0.25, 0.3) is 0 Å². The predicted molar refractivity (Wildman–Crippen MR) is 137 cm³/mol. The molecular formula is C25H40ClN3O3Si. The maximum absolute atomic E-state index is 13.1. The Labute approximate surface area is 205 Å². The standard InChI is InChI=1S/C25H40ClN3O3Si/c1-16-19(12-11-18(15-27)21(16)26)28-17(2)22-20(32-33(9,10)25(6,7)8)13-14-29(22)23(30)31-24(3,4)5/h11-12,17,20,22,28H,13-14H2,1-10H3. The van der Waals surface area contributed by atoms with Gasteiger partial charge in [-0.2, -0.15) is 5.26 Å². The smallest absolute Gasteiger partial charge is 0.410 e. The van der Waals surface area contributed by atoms with Crippen molar-refractivity contribution in [1.82, 2.24) is 4.90 Å². The van der Waals surface area contributed by atoms with E-state index in [4.69, 9.17) is 20.8 Å². The first-order valence-corrected chi connectivity index (χ1v) is 14.9. The van der Waals surface area contributed by atoms with Crippen LogP contribution in [0.4, 0.5) is 10.5 Å². The number of hydrogen-bond donors (Lipinski definition) is 1. The van der Waals surface area contributed by atoms with Gasteiger partial charge < -0.3 is 19.4 Å². The fraction of sp³-hybridized carbons (Fsp3) is 0.680. The summed E-state index contributed by atoms with van der Waals surface area (Å²) in [7, 11) is -2.06. The highest BCUT2D eigenvalue weighted by Gasteiger charge is 2.47. The summed E-state index contributed by atoms with van der Waals surface area (Å²) in [6.45, 7) is 21.3. The normalized spacial score (nSPS) is 20.4. The molecule has 1 N–H and O–H groups in total. The maximum Gasteiger partial charge on any atom is 0.410 e. The molecule has 1 aromatic carbocycles. The molecule has 1 aliphatic heterocycles. The summed E-state index contributed by atoms with van der Waals surface area (Å²) in [5.41, 5.74) is 1.52. The Hall–Kier alpha value is -1.75. The van der Waals surface area contributed by atoms with Crippen LogP contribution in [0.3, 0.4) is 0 Å². The van der Waals surface area contributed by atoms with Crippen LogP contribution in [0.5, 0.6) is 0 Å². The zero-order chi connectivity index (χ0) is 25.4. The Kier molecular flexibility index (Phi) is 8.21. The second-order valence-electron chi connectivity index (χ2n) is 11.5. The molecular weight excluding hydrogens is 454 g/mol. The largest absolute Gasteiger partial charge is 0.444 e. The minimum atomic E-state index is -2.06. The number of halogens is 1. The summed E-state index contributed by atoms with van der Waals surface area (Å²) in [6.07, 6.45) is 0.336. The molecule has 2 rings (SSSR count). The highest BCUT2D eigenvalue weighted by atomic mass is 35.5. The molecule has 0 aliphatic carbocycles. The molecule has 0 bridgehead atoms. The Morgan fingerprint density at radius 3 is 2.39 bits per heavy atom. The summed E-state index contributed by atoms with van der Waals surface area (Å²) < 4.78 is 12.5. The Morgan fingerprint density at radius 2 is 1.88 bits per heavy atom. The molecule has 1 heterocycles. The van der Waals surface area contributed by atoms with E-state index in [2.05, 4.69) is 52.2 Å². The number of amides is 1. The van der Waals surface area contributed by atoms with Gasteiger partial charge in [0, 0.05) is 18.3 Å². The van der Waals surface area contributed by atoms with Crippen molar-refractivity contribution < 1.29 is 14.0 Å². The van der Waals surface area contributed by atoms with Crippen molar-refractivity contribution in [3.05, 3.63) is 28.3 Å². The van der Waals surface area contributed by atoms with E-state index < -0.39 is 13.9 Å². The second-order valence-corrected chi connectivity index (χ2v) is 16.6. The number of nitrogens with one attached hydrogen (secondary N) is 1. The van der Waals surface area contributed by atoms with Crippen molar-refractivity contribution >= 4 is 31.7 Å². The van der Waals surface area contributed by atoms with Gasteiger partial charge in [-0.25, -0.2) is 4.79 Å². The summed E-state index contributed by atoms with van der Waals surface area (Å²) >= 11 is 6.39. The second kappa shape index (κ2) is 9.85. The van der Waals surface area contributed by atoms with Crippen LogP contribution in [0.1, 0.15) is 66.0 Å². The number of ether oxygens (including phenoxy) is 1. The lowest BCUT2D eigenvalue weighted by Crippen LogP contribution is -2.54. The number of rotatable bonds is 5. The summed E-state index contributed by atoms with van der Waals surface area (Å²) in [4.78, 5) is 14.9. The molecule has 33 heavy (non-hydrogen) atoms. The molecule has 3 unspecified atom stereocenters. The van der Waals surface area contributed by atoms with Gasteiger partial charge in [-0.3, -0.25) is 0 Å². The van der Waals surface area contributed by atoms with Crippen LogP contribution in [0.2, 0.25) is 23.2 Å². The molecule has 1 fully saturated rings. The van der Waals surface area contributed by atoms with Crippen molar-refractivity contribution in [2.24, 2.45) is 0 Å². The van der Waals surface area contributed by atoms with Crippen LogP contribution in [0.25, 0.3) is 0 Å². The van der Waals surface area contributed by atoms with Gasteiger partial charge in [0.15, 0.2) is 8.32 Å². The van der Waals surface area contributed by atoms with Crippen LogP contribution < -0.4 is 5.32 Å². The molecule has 1 amide bonds. The summed E-state index contributed by atoms with van der Waals surface area (Å²) in [6, 6.07) is 5.37. The summed E-state index contributed by atoms with van der Waals surface area (Å²) in [5.74, 6) is 0. The Bertz CT molecular complexity index is 915. The number of hydrogen-bond acceptors (Lipinski definition) is 5. The van der Waals surface area contributed by atoms with Crippen molar-refractivity contribution in [2.45, 2.75) is 104 Å². The van der Waals surface area contributed by atoms with Crippen molar-refractivity contribution in [3.8, 4) is 6.07 Å². The monoisotopic (exact) mass is 493 g/mol. The molecule has 184 valence electrons. The van der Waals surface area contributed by atoms with E-state index in [0.717, 1.165) is 17.7 Å². The molecule has 0 aromatic heterocycles. The Balaban J connectivity index is 2.37. The van der Waals surface area contributed by atoms with Crippen molar-refractivity contribution in [1.29, 1.82) is 5.26 Å². The van der Waals surface area contributed by atoms with Gasteiger partial charge in [-0.05, 0) is 76.9 Å². The zero-order valence-corrected chi connectivity index (χ0v) is 23.6. The summed E-state index contributed by atoms with van der Waals surface area (Å²) in [5, 5.41) is 13.3. The lowest BCUT2D eigenvalue weighted by molar-refractivity contribution is 0.0146. The average molecular weight is 494 g/mol. The average Bonchev–Trinajstić information content (AvgIpc) is 3.06. The number of nitrogens with zero attached hydrogens (tertiary/aromatic N) is 2. The fourth-order valence-electron chi connectivity index (χ4n) is 3.85. The van der Waals surface area contributed by atoms with Gasteiger partial charge in [-0.1, -0.05) is 32.4 Å². The first-order chi connectivity index (χ1) is 15.0. The molecule has 1 aliphatic rings. The Morgan fingerprint density at radius 1 is 1.27 bits per heavy atom. The van der Waals surface area contributed by atoms with E-state index in [1.165, 1.54) is 0 Å². The third-order valence-corrected chi connectivity index (χ3v) is 11.7. The zero-order valence-electron chi connectivity index (χ0n) is 21.8. The lowest BCUT2D eigenvalue weighted by Gasteiger charge is -2.42. The van der Waals surface area contributed by atoms with Crippen LogP contribution >= 0.6 is 11.6 Å². The van der Waals surface area contributed by atoms with Gasteiger partial charge in [0.2, 0.25) is 0 Å². The number of benzene rings is 1. The van der Waals surface area contributed by atoms with E-state index >= 15 is 0 Å². The third kappa shape index (κ3) is 6.43. The molecule has 6 nitrogen and oxygen atoms in total. The van der Waals surface area contributed by atoms with E-state index in [-0.39, 0.29) is 29.3 Å². The third-order valence-electron chi connectivity index (χ3n) is 6.68. The van der Waals surface area contributed by atoms with E-state index in [1.54, 1.807) is 11.0 Å². The number of likely N-dealkylation sites (tertiary alicyclic amines) is 1. The fourth-order valence-corrected chi connectivity index (χ4v) is 5.43. The number of carbonyl (C=O) groups excluding carboxylic acids is 1. The van der Waals surface area contributed by atoms with Crippen LogP contribution in [-0.4, -0.2) is 49.6 Å². The minimum absolute atomic E-state index is 0.0603. The van der Waals surface area contributed by atoms with Crippen LogP contribution in [0, 0.1) is 18.3 Å². The highest BCUT2D eigenvalue weighted by molar-refractivity contribution is 6.74. The number of anilines is 1. The highest BCUT2D eigenvalue weighted by Crippen LogP contribution is 2.40. The molecule has 0 saturated carbocycles. The molecule has 8 heteroatoms. The lowest BCUT2D eigenvalue weighted by atomic mass is 10.0. The predicted octanol–water partition coefficient (Wildman–Crippen LogP) is 6.72. The van der Waals surface area contributed by atoms with Gasteiger partial charge in [0.05, 0.1) is 22.7 Å². The topological polar surface area (TPSA) is 74.6 Å². The van der Waals surface area contributed by atoms with E-state index in [0.29, 0.717) is 17.1 Å². The van der Waals surface area contributed by atoms with Gasteiger partial charge in [0.1, 0.15) is 11.7 Å². The van der Waals surface area contributed by atoms with Crippen molar-refractivity contribution in [3.63, 3.8) is 0 Å². The number of nitriles is 1. The quantitative estimate of drug-likeness (QED) is 0.460. The maximum atomic E-state index is 13.1. The van der Waals surface area contributed by atoms with E-state index in [9.17, 15) is 10.1 Å². The molecule has 3 atom stereocenters. The van der Waals surface area contributed by atoms with Crippen LogP contribution in [-0.2, 0) is 9.16 Å². The number of carbonyl (C=O) groups is 1. The van der Waals surface area contributed by atoms with E-state index in [1.807, 2.05) is 33.8 Å². The van der Waals surface area contributed by atoms with Crippen LogP contribution in [0.15, 0.2) is 12.1 Å². The molecule has 0 spiro atoms. The van der Waals surface area contributed by atoms with Gasteiger partial charge >= 0.3 is 6.09 Å². The molecule has 1 aromatic rings. The molecule has 0 radical (unpaired) electrons.